The lowest BCUT2D eigenvalue weighted by molar-refractivity contribution is -0.137. The number of hydrogen-bond acceptors (Lipinski definition) is 1. The SMILES string of the molecule is CC(C)CCCCCCCCC=CCCCC(=O)O. The number of carboxylic acid groups (broad SMARTS) is 1. The third-order valence-electron chi connectivity index (χ3n) is 3.33. The topological polar surface area (TPSA) is 37.3 Å². The Morgan fingerprint density at radius 2 is 1.42 bits per heavy atom. The second-order valence-corrected chi connectivity index (χ2v) is 5.85. The Labute approximate surface area is 119 Å². The van der Waals surface area contributed by atoms with E-state index in [0.717, 1.165) is 25.2 Å². The highest BCUT2D eigenvalue weighted by atomic mass is 16.4. The van der Waals surface area contributed by atoms with Crippen molar-refractivity contribution in [3.05, 3.63) is 12.2 Å². The van der Waals surface area contributed by atoms with Gasteiger partial charge in [0, 0.05) is 6.42 Å². The standard InChI is InChI=1S/C17H32O2/c1-16(2)14-12-10-8-6-4-3-5-7-9-11-13-15-17(18)19/h7,9,16H,3-6,8,10-15H2,1-2H3,(H,18,19). The molecule has 0 fully saturated rings. The Balaban J connectivity index is 3.09. The first-order valence-electron chi connectivity index (χ1n) is 7.99. The van der Waals surface area contributed by atoms with E-state index in [1.54, 1.807) is 0 Å². The molecule has 0 aromatic carbocycles. The Morgan fingerprint density at radius 3 is 2.00 bits per heavy atom. The smallest absolute Gasteiger partial charge is 0.303 e. The summed E-state index contributed by atoms with van der Waals surface area (Å²) in [5.74, 6) is 0.164. The summed E-state index contributed by atoms with van der Waals surface area (Å²) in [6, 6.07) is 0. The Bertz CT molecular complexity index is 231. The minimum Gasteiger partial charge on any atom is -0.481 e. The van der Waals surface area contributed by atoms with Crippen molar-refractivity contribution in [2.45, 2.75) is 84.5 Å². The van der Waals surface area contributed by atoms with Crippen molar-refractivity contribution in [2.75, 3.05) is 0 Å². The molecule has 1 N–H and O–H groups in total. The third-order valence-corrected chi connectivity index (χ3v) is 3.33. The van der Waals surface area contributed by atoms with Crippen LogP contribution in [0.15, 0.2) is 12.2 Å². The zero-order valence-corrected chi connectivity index (χ0v) is 12.9. The molecule has 0 aliphatic rings. The first-order chi connectivity index (χ1) is 9.13. The number of carbonyl (C=O) groups is 1. The Hall–Kier alpha value is -0.790. The zero-order valence-electron chi connectivity index (χ0n) is 12.9. The lowest BCUT2D eigenvalue weighted by atomic mass is 10.0. The van der Waals surface area contributed by atoms with Crippen LogP contribution in [-0.2, 0) is 4.79 Å². The highest BCUT2D eigenvalue weighted by molar-refractivity contribution is 5.66. The summed E-state index contributed by atoms with van der Waals surface area (Å²) in [5, 5.41) is 8.48. The van der Waals surface area contributed by atoms with Gasteiger partial charge in [-0.2, -0.15) is 0 Å². The fourth-order valence-electron chi connectivity index (χ4n) is 2.13. The van der Waals surface area contributed by atoms with Crippen molar-refractivity contribution >= 4 is 5.97 Å². The number of rotatable bonds is 13. The number of hydrogen-bond donors (Lipinski definition) is 1. The summed E-state index contributed by atoms with van der Waals surface area (Å²) in [6.45, 7) is 4.59. The third kappa shape index (κ3) is 17.2. The van der Waals surface area contributed by atoms with E-state index in [1.165, 1.54) is 44.9 Å². The van der Waals surface area contributed by atoms with Crippen LogP contribution in [-0.4, -0.2) is 11.1 Å². The van der Waals surface area contributed by atoms with Crippen LogP contribution in [0.5, 0.6) is 0 Å². The molecule has 0 aliphatic heterocycles. The lowest BCUT2D eigenvalue weighted by Gasteiger charge is -2.03. The van der Waals surface area contributed by atoms with Crippen molar-refractivity contribution in [3.8, 4) is 0 Å². The summed E-state index contributed by atoms with van der Waals surface area (Å²) < 4.78 is 0. The molecular weight excluding hydrogens is 236 g/mol. The Kier molecular flexibility index (Phi) is 13.1. The fraction of sp³-hybridized carbons (Fsp3) is 0.824. The summed E-state index contributed by atoms with van der Waals surface area (Å²) in [5.41, 5.74) is 0. The molecule has 0 bridgehead atoms. The second-order valence-electron chi connectivity index (χ2n) is 5.85. The molecule has 0 amide bonds. The van der Waals surface area contributed by atoms with Crippen molar-refractivity contribution in [3.63, 3.8) is 0 Å². The molecule has 0 aromatic rings. The predicted molar refractivity (Wildman–Crippen MR) is 82.4 cm³/mol. The second kappa shape index (κ2) is 13.6. The number of aliphatic carboxylic acids is 1. The van der Waals surface area contributed by atoms with Crippen LogP contribution in [0, 0.1) is 5.92 Å². The molecule has 0 saturated heterocycles. The van der Waals surface area contributed by atoms with Crippen molar-refractivity contribution in [2.24, 2.45) is 5.92 Å². The number of allylic oxidation sites excluding steroid dienone is 2. The van der Waals surface area contributed by atoms with Crippen molar-refractivity contribution in [1.29, 1.82) is 0 Å². The van der Waals surface area contributed by atoms with Crippen LogP contribution in [0.25, 0.3) is 0 Å². The molecule has 0 rings (SSSR count). The van der Waals surface area contributed by atoms with Gasteiger partial charge in [0.1, 0.15) is 0 Å². The Morgan fingerprint density at radius 1 is 0.895 bits per heavy atom. The van der Waals surface area contributed by atoms with Crippen LogP contribution in [0.2, 0.25) is 0 Å². The monoisotopic (exact) mass is 268 g/mol. The lowest BCUT2D eigenvalue weighted by Crippen LogP contribution is -1.92. The molecule has 0 aliphatic carbocycles. The molecular formula is C17H32O2. The first-order valence-corrected chi connectivity index (χ1v) is 7.99. The van der Waals surface area contributed by atoms with Crippen LogP contribution in [0.4, 0.5) is 0 Å². The van der Waals surface area contributed by atoms with Crippen molar-refractivity contribution in [1.82, 2.24) is 0 Å². The highest BCUT2D eigenvalue weighted by Gasteiger charge is 1.95. The highest BCUT2D eigenvalue weighted by Crippen LogP contribution is 2.12. The van der Waals surface area contributed by atoms with E-state index < -0.39 is 5.97 Å². The van der Waals surface area contributed by atoms with E-state index in [0.29, 0.717) is 6.42 Å². The minimum absolute atomic E-state index is 0.292. The van der Waals surface area contributed by atoms with Gasteiger partial charge in [0.05, 0.1) is 0 Å². The van der Waals surface area contributed by atoms with Crippen LogP contribution >= 0.6 is 0 Å². The molecule has 0 radical (unpaired) electrons. The molecule has 2 nitrogen and oxygen atoms in total. The van der Waals surface area contributed by atoms with E-state index >= 15 is 0 Å². The van der Waals surface area contributed by atoms with E-state index in [2.05, 4.69) is 26.0 Å². The number of unbranched alkanes of at least 4 members (excludes halogenated alkanes) is 7. The molecule has 0 saturated carbocycles. The molecule has 2 heteroatoms. The average Bonchev–Trinajstić information content (AvgIpc) is 2.34. The summed E-state index contributed by atoms with van der Waals surface area (Å²) in [7, 11) is 0. The largest absolute Gasteiger partial charge is 0.481 e. The van der Waals surface area contributed by atoms with Gasteiger partial charge in [0.25, 0.3) is 0 Å². The van der Waals surface area contributed by atoms with Crippen LogP contribution in [0.1, 0.15) is 84.5 Å². The molecule has 0 heterocycles. The number of carboxylic acids is 1. The van der Waals surface area contributed by atoms with Gasteiger partial charge in [-0.1, -0.05) is 64.5 Å². The van der Waals surface area contributed by atoms with E-state index in [9.17, 15) is 4.79 Å². The molecule has 112 valence electrons. The summed E-state index contributed by atoms with van der Waals surface area (Å²) >= 11 is 0. The average molecular weight is 268 g/mol. The van der Waals surface area contributed by atoms with E-state index in [-0.39, 0.29) is 0 Å². The molecule has 0 aromatic heterocycles. The summed E-state index contributed by atoms with van der Waals surface area (Å²) in [4.78, 5) is 10.3. The quantitative estimate of drug-likeness (QED) is 0.350. The fourth-order valence-corrected chi connectivity index (χ4v) is 2.13. The van der Waals surface area contributed by atoms with Gasteiger partial charge in [0.2, 0.25) is 0 Å². The minimum atomic E-state index is -0.689. The van der Waals surface area contributed by atoms with Crippen LogP contribution < -0.4 is 0 Å². The van der Waals surface area contributed by atoms with Gasteiger partial charge >= 0.3 is 5.97 Å². The molecule has 0 atom stereocenters. The van der Waals surface area contributed by atoms with Crippen molar-refractivity contribution < 1.29 is 9.90 Å². The van der Waals surface area contributed by atoms with E-state index in [1.807, 2.05) is 0 Å². The molecule has 0 spiro atoms. The zero-order chi connectivity index (χ0) is 14.3. The van der Waals surface area contributed by atoms with Gasteiger partial charge in [-0.05, 0) is 31.6 Å². The van der Waals surface area contributed by atoms with Gasteiger partial charge < -0.3 is 5.11 Å². The maximum Gasteiger partial charge on any atom is 0.303 e. The maximum absolute atomic E-state index is 10.3. The maximum atomic E-state index is 10.3. The molecule has 19 heavy (non-hydrogen) atoms. The summed E-state index contributed by atoms with van der Waals surface area (Å²) in [6.07, 6.45) is 17.0. The normalized spacial score (nSPS) is 11.5. The van der Waals surface area contributed by atoms with Crippen LogP contribution in [0.3, 0.4) is 0 Å². The van der Waals surface area contributed by atoms with Gasteiger partial charge in [-0.3, -0.25) is 4.79 Å². The first kappa shape index (κ1) is 18.2. The van der Waals surface area contributed by atoms with Gasteiger partial charge in [0.15, 0.2) is 0 Å². The van der Waals surface area contributed by atoms with Gasteiger partial charge in [-0.15, -0.1) is 0 Å². The molecule has 0 unspecified atom stereocenters. The van der Waals surface area contributed by atoms with E-state index in [4.69, 9.17) is 5.11 Å². The predicted octanol–water partition coefficient (Wildman–Crippen LogP) is 5.57. The van der Waals surface area contributed by atoms with Gasteiger partial charge in [-0.25, -0.2) is 0 Å².